The van der Waals surface area contributed by atoms with Crippen molar-refractivity contribution < 1.29 is 9.90 Å². The second-order valence-corrected chi connectivity index (χ2v) is 8.37. The van der Waals surface area contributed by atoms with Gasteiger partial charge in [0.2, 0.25) is 0 Å². The summed E-state index contributed by atoms with van der Waals surface area (Å²) in [7, 11) is 0. The van der Waals surface area contributed by atoms with E-state index in [-0.39, 0.29) is 10.8 Å². The quantitative estimate of drug-likeness (QED) is 0.550. The third kappa shape index (κ3) is 4.94. The summed E-state index contributed by atoms with van der Waals surface area (Å²) in [6, 6.07) is 6.93. The van der Waals surface area contributed by atoms with Crippen LogP contribution >= 0.6 is 0 Å². The van der Waals surface area contributed by atoms with Crippen molar-refractivity contribution in [3.8, 4) is 0 Å². The molecule has 25 heavy (non-hydrogen) atoms. The number of carboxylic acid groups (broad SMARTS) is 1. The van der Waals surface area contributed by atoms with Gasteiger partial charge in [0, 0.05) is 6.08 Å². The fraction of sp³-hybridized carbons (Fsp3) is 0.435. The molecule has 0 aliphatic heterocycles. The van der Waals surface area contributed by atoms with Crippen molar-refractivity contribution in [2.45, 2.75) is 64.7 Å². The highest BCUT2D eigenvalue weighted by atomic mass is 16.4. The van der Waals surface area contributed by atoms with Crippen molar-refractivity contribution in [3.05, 3.63) is 70.8 Å². The highest BCUT2D eigenvalue weighted by Crippen LogP contribution is 2.45. The molecule has 0 saturated carbocycles. The van der Waals surface area contributed by atoms with E-state index < -0.39 is 5.97 Å². The van der Waals surface area contributed by atoms with E-state index in [0.717, 1.165) is 12.0 Å². The standard InChI is InChI=1S/C23H30O2/c1-17(15-21(24)25)9-7-6-8-10-18-11-12-19-20(16-18)23(4,5)14-13-22(19,2)3/h6-9,11-12,15-16H,10,13-14H2,1-5H3,(H,24,25)/b8-6+,9-7+,17-15+. The molecule has 1 aliphatic rings. The molecule has 2 nitrogen and oxygen atoms in total. The maximum absolute atomic E-state index is 10.6. The number of carboxylic acids is 1. The van der Waals surface area contributed by atoms with Gasteiger partial charge in [0.05, 0.1) is 0 Å². The largest absolute Gasteiger partial charge is 0.478 e. The van der Waals surface area contributed by atoms with Gasteiger partial charge in [-0.3, -0.25) is 0 Å². The number of rotatable bonds is 5. The summed E-state index contributed by atoms with van der Waals surface area (Å²) in [4.78, 5) is 10.6. The number of carbonyl (C=O) groups is 1. The Morgan fingerprint density at radius 2 is 1.72 bits per heavy atom. The Bertz CT molecular complexity index is 730. The molecule has 134 valence electrons. The summed E-state index contributed by atoms with van der Waals surface area (Å²) in [5.74, 6) is -0.911. The molecule has 2 rings (SSSR count). The molecule has 0 radical (unpaired) electrons. The lowest BCUT2D eigenvalue weighted by Crippen LogP contribution is -2.33. The first kappa shape index (κ1) is 19.2. The summed E-state index contributed by atoms with van der Waals surface area (Å²) in [6.45, 7) is 11.2. The minimum Gasteiger partial charge on any atom is -0.478 e. The minimum absolute atomic E-state index is 0.239. The Hall–Kier alpha value is -2.09. The van der Waals surface area contributed by atoms with E-state index in [1.807, 2.05) is 18.2 Å². The molecule has 1 aromatic rings. The van der Waals surface area contributed by atoms with Crippen molar-refractivity contribution in [1.82, 2.24) is 0 Å². The lowest BCUT2D eigenvalue weighted by atomic mass is 9.63. The molecule has 1 aromatic carbocycles. The summed E-state index contributed by atoms with van der Waals surface area (Å²) < 4.78 is 0. The Kier molecular flexibility index (Phi) is 5.72. The second kappa shape index (κ2) is 7.43. The van der Waals surface area contributed by atoms with Crippen molar-refractivity contribution in [3.63, 3.8) is 0 Å². The van der Waals surface area contributed by atoms with Crippen LogP contribution in [0.3, 0.4) is 0 Å². The number of fused-ring (bicyclic) bond motifs is 1. The SMILES string of the molecule is CC(/C=C/C=C/Cc1ccc2c(c1)C(C)(C)CCC2(C)C)=C\C(=O)O. The predicted molar refractivity (Wildman–Crippen MR) is 105 cm³/mol. The summed E-state index contributed by atoms with van der Waals surface area (Å²) >= 11 is 0. The topological polar surface area (TPSA) is 37.3 Å². The van der Waals surface area contributed by atoms with Gasteiger partial charge in [0.1, 0.15) is 0 Å². The predicted octanol–water partition coefficient (Wildman–Crippen LogP) is 5.72. The third-order valence-corrected chi connectivity index (χ3v) is 5.23. The van der Waals surface area contributed by atoms with Gasteiger partial charge in [-0.2, -0.15) is 0 Å². The maximum Gasteiger partial charge on any atom is 0.328 e. The van der Waals surface area contributed by atoms with Gasteiger partial charge in [-0.15, -0.1) is 0 Å². The Balaban J connectivity index is 2.11. The van der Waals surface area contributed by atoms with Crippen LogP contribution in [0.25, 0.3) is 0 Å². The van der Waals surface area contributed by atoms with Gasteiger partial charge >= 0.3 is 5.97 Å². The Morgan fingerprint density at radius 1 is 1.08 bits per heavy atom. The number of aliphatic carboxylic acids is 1. The van der Waals surface area contributed by atoms with Crippen molar-refractivity contribution in [1.29, 1.82) is 0 Å². The average Bonchev–Trinajstić information content (AvgIpc) is 2.51. The second-order valence-electron chi connectivity index (χ2n) is 8.37. The lowest BCUT2D eigenvalue weighted by molar-refractivity contribution is -0.131. The van der Waals surface area contributed by atoms with E-state index in [2.05, 4.69) is 52.0 Å². The molecule has 1 N–H and O–H groups in total. The molecular formula is C23H30O2. The molecule has 0 fully saturated rings. The Labute approximate surface area is 152 Å². The molecule has 0 unspecified atom stereocenters. The minimum atomic E-state index is -0.911. The van der Waals surface area contributed by atoms with Crippen LogP contribution in [0, 0.1) is 0 Å². The number of hydrogen-bond donors (Lipinski definition) is 1. The zero-order chi connectivity index (χ0) is 18.7. The number of allylic oxidation sites excluding steroid dienone is 5. The van der Waals surface area contributed by atoms with Gasteiger partial charge in [-0.25, -0.2) is 4.79 Å². The first-order valence-electron chi connectivity index (χ1n) is 9.00. The smallest absolute Gasteiger partial charge is 0.328 e. The molecule has 0 saturated heterocycles. The van der Waals surface area contributed by atoms with E-state index in [0.29, 0.717) is 0 Å². The van der Waals surface area contributed by atoms with Crippen LogP contribution in [-0.2, 0) is 22.0 Å². The van der Waals surface area contributed by atoms with Crippen LogP contribution in [-0.4, -0.2) is 11.1 Å². The molecule has 0 heterocycles. The highest BCUT2D eigenvalue weighted by Gasteiger charge is 2.36. The lowest BCUT2D eigenvalue weighted by Gasteiger charge is -2.42. The molecule has 0 spiro atoms. The van der Waals surface area contributed by atoms with E-state index in [4.69, 9.17) is 5.11 Å². The summed E-state index contributed by atoms with van der Waals surface area (Å²) in [6.07, 6.45) is 12.3. The third-order valence-electron chi connectivity index (χ3n) is 5.23. The maximum atomic E-state index is 10.6. The fourth-order valence-corrected chi connectivity index (χ4v) is 3.50. The molecule has 0 amide bonds. The molecular weight excluding hydrogens is 308 g/mol. The average molecular weight is 338 g/mol. The molecule has 2 heteroatoms. The fourth-order valence-electron chi connectivity index (χ4n) is 3.50. The normalized spacial score (nSPS) is 19.3. The van der Waals surface area contributed by atoms with E-state index >= 15 is 0 Å². The van der Waals surface area contributed by atoms with E-state index in [1.54, 1.807) is 6.92 Å². The highest BCUT2D eigenvalue weighted by molar-refractivity contribution is 5.81. The molecule has 0 bridgehead atoms. The monoisotopic (exact) mass is 338 g/mol. The summed E-state index contributed by atoms with van der Waals surface area (Å²) in [5, 5.41) is 8.68. The number of hydrogen-bond acceptors (Lipinski definition) is 1. The van der Waals surface area contributed by atoms with Crippen molar-refractivity contribution in [2.24, 2.45) is 0 Å². The summed E-state index contributed by atoms with van der Waals surface area (Å²) in [5.41, 5.74) is 5.54. The van der Waals surface area contributed by atoms with Gasteiger partial charge in [-0.05, 0) is 59.3 Å². The van der Waals surface area contributed by atoms with Gasteiger partial charge < -0.3 is 5.11 Å². The van der Waals surface area contributed by atoms with Crippen molar-refractivity contribution >= 4 is 5.97 Å². The first-order valence-corrected chi connectivity index (χ1v) is 9.00. The molecule has 1 aliphatic carbocycles. The van der Waals surface area contributed by atoms with Crippen LogP contribution in [0.5, 0.6) is 0 Å². The number of benzene rings is 1. The van der Waals surface area contributed by atoms with E-state index in [1.165, 1.54) is 35.6 Å². The van der Waals surface area contributed by atoms with Crippen molar-refractivity contribution in [2.75, 3.05) is 0 Å². The Morgan fingerprint density at radius 3 is 2.36 bits per heavy atom. The van der Waals surface area contributed by atoms with Crippen LogP contribution in [0.15, 0.2) is 54.2 Å². The van der Waals surface area contributed by atoms with Crippen LogP contribution < -0.4 is 0 Å². The van der Waals surface area contributed by atoms with Gasteiger partial charge in [0.15, 0.2) is 0 Å². The van der Waals surface area contributed by atoms with Crippen LogP contribution in [0.2, 0.25) is 0 Å². The van der Waals surface area contributed by atoms with Crippen LogP contribution in [0.1, 0.15) is 64.2 Å². The van der Waals surface area contributed by atoms with E-state index in [9.17, 15) is 4.79 Å². The van der Waals surface area contributed by atoms with Gasteiger partial charge in [0.25, 0.3) is 0 Å². The zero-order valence-corrected chi connectivity index (χ0v) is 16.1. The zero-order valence-electron chi connectivity index (χ0n) is 16.1. The van der Waals surface area contributed by atoms with Gasteiger partial charge in [-0.1, -0.05) is 70.2 Å². The first-order chi connectivity index (χ1) is 11.6. The molecule has 0 aromatic heterocycles. The van der Waals surface area contributed by atoms with Crippen LogP contribution in [0.4, 0.5) is 0 Å². The molecule has 0 atom stereocenters.